The van der Waals surface area contributed by atoms with Crippen molar-refractivity contribution in [3.8, 4) is 11.1 Å². The van der Waals surface area contributed by atoms with E-state index < -0.39 is 11.6 Å². The van der Waals surface area contributed by atoms with Crippen LogP contribution in [-0.4, -0.2) is 5.78 Å². The highest BCUT2D eigenvalue weighted by Gasteiger charge is 2.14. The predicted molar refractivity (Wildman–Crippen MR) is 90.5 cm³/mol. The maximum Gasteiger partial charge on any atom is 0.155 e. The van der Waals surface area contributed by atoms with E-state index in [4.69, 9.17) is 11.6 Å². The Labute approximate surface area is 139 Å². The molecule has 0 spiro atoms. The highest BCUT2D eigenvalue weighted by atomic mass is 35.5. The summed E-state index contributed by atoms with van der Waals surface area (Å²) < 4.78 is 27.8. The first-order valence-corrected chi connectivity index (χ1v) is 7.54. The molecule has 4 heteroatoms. The Morgan fingerprint density at radius 3 is 2.26 bits per heavy atom. The molecule has 23 heavy (non-hydrogen) atoms. The third-order valence-corrected chi connectivity index (χ3v) is 4.40. The molecule has 0 atom stereocenters. The van der Waals surface area contributed by atoms with Gasteiger partial charge in [0.25, 0.3) is 0 Å². The van der Waals surface area contributed by atoms with Crippen LogP contribution in [0.4, 0.5) is 8.78 Å². The van der Waals surface area contributed by atoms with Crippen LogP contribution in [-0.2, 0) is 4.79 Å². The second-order valence-electron chi connectivity index (χ2n) is 5.56. The van der Waals surface area contributed by atoms with E-state index in [2.05, 4.69) is 0 Å². The lowest BCUT2D eigenvalue weighted by molar-refractivity contribution is -0.113. The van der Waals surface area contributed by atoms with E-state index in [1.807, 2.05) is 6.92 Å². The highest BCUT2D eigenvalue weighted by Crippen LogP contribution is 2.33. The van der Waals surface area contributed by atoms with E-state index in [-0.39, 0.29) is 10.8 Å². The Hall–Kier alpha value is -2.00. The number of Topliss-reactive ketones (excluding diaryl/α,β-unsaturated/α-hetero) is 1. The monoisotopic (exact) mass is 334 g/mol. The third kappa shape index (κ3) is 3.50. The first kappa shape index (κ1) is 17.4. The normalized spacial score (nSPS) is 12.1. The van der Waals surface area contributed by atoms with Crippen LogP contribution in [0, 0.1) is 18.6 Å². The fraction of sp³-hybridized carbons (Fsp3) is 0.211. The molecule has 0 radical (unpaired) electrons. The molecule has 0 aromatic heterocycles. The Balaban J connectivity index is 2.71. The van der Waals surface area contributed by atoms with Crippen LogP contribution >= 0.6 is 11.6 Å². The van der Waals surface area contributed by atoms with Crippen LogP contribution in [0.2, 0.25) is 5.02 Å². The van der Waals surface area contributed by atoms with Gasteiger partial charge in [0.05, 0.1) is 5.02 Å². The lowest BCUT2D eigenvalue weighted by Crippen LogP contribution is -1.99. The zero-order valence-corrected chi connectivity index (χ0v) is 14.2. The van der Waals surface area contributed by atoms with Gasteiger partial charge in [-0.1, -0.05) is 17.7 Å². The van der Waals surface area contributed by atoms with Crippen molar-refractivity contribution in [3.63, 3.8) is 0 Å². The number of hydrogen-bond acceptors (Lipinski definition) is 1. The molecule has 1 nitrogen and oxygen atoms in total. The van der Waals surface area contributed by atoms with Gasteiger partial charge in [-0.05, 0) is 85.4 Å². The van der Waals surface area contributed by atoms with Crippen LogP contribution in [0.1, 0.15) is 31.9 Å². The molecule has 0 bridgehead atoms. The predicted octanol–water partition coefficient (Wildman–Crippen LogP) is 5.98. The number of ketones is 1. The Morgan fingerprint density at radius 2 is 1.70 bits per heavy atom. The molecule has 0 aliphatic rings. The summed E-state index contributed by atoms with van der Waals surface area (Å²) in [4.78, 5) is 11.6. The molecule has 2 rings (SSSR count). The van der Waals surface area contributed by atoms with Gasteiger partial charge >= 0.3 is 0 Å². The molecule has 0 N–H and O–H groups in total. The fourth-order valence-corrected chi connectivity index (χ4v) is 2.62. The van der Waals surface area contributed by atoms with Gasteiger partial charge in [0.2, 0.25) is 0 Å². The van der Waals surface area contributed by atoms with Crippen LogP contribution in [0.15, 0.2) is 35.9 Å². The van der Waals surface area contributed by atoms with Gasteiger partial charge in [-0.3, -0.25) is 4.79 Å². The molecule has 0 aliphatic heterocycles. The van der Waals surface area contributed by atoms with Gasteiger partial charge in [-0.15, -0.1) is 0 Å². The standard InChI is InChI=1S/C19H17ClF2O/c1-10(13(4)23)11(2)16-8-15(21)9-17(12(16)3)14-5-6-18(20)19(22)7-14/h5-9H,1-4H3/b11-10+. The lowest BCUT2D eigenvalue weighted by Gasteiger charge is -2.15. The number of halogens is 3. The van der Waals surface area contributed by atoms with E-state index in [0.717, 1.165) is 5.56 Å². The highest BCUT2D eigenvalue weighted by molar-refractivity contribution is 6.30. The molecule has 120 valence electrons. The third-order valence-electron chi connectivity index (χ3n) is 4.10. The summed E-state index contributed by atoms with van der Waals surface area (Å²) in [6.07, 6.45) is 0. The Morgan fingerprint density at radius 1 is 1.04 bits per heavy atom. The topological polar surface area (TPSA) is 17.1 Å². The fourth-order valence-electron chi connectivity index (χ4n) is 2.50. The SMILES string of the molecule is CC(=O)/C(C)=C(\C)c1cc(F)cc(-c2ccc(Cl)c(F)c2)c1C. The number of carbonyl (C=O) groups is 1. The van der Waals surface area contributed by atoms with Crippen molar-refractivity contribution in [2.75, 3.05) is 0 Å². The summed E-state index contributed by atoms with van der Waals surface area (Å²) in [5, 5.41) is 0.0199. The molecule has 0 saturated carbocycles. The second-order valence-corrected chi connectivity index (χ2v) is 5.97. The smallest absolute Gasteiger partial charge is 0.155 e. The van der Waals surface area contributed by atoms with Gasteiger partial charge in [0.1, 0.15) is 11.6 Å². The first-order valence-electron chi connectivity index (χ1n) is 7.16. The van der Waals surface area contributed by atoms with Gasteiger partial charge < -0.3 is 0 Å². The van der Waals surface area contributed by atoms with Crippen molar-refractivity contribution in [2.45, 2.75) is 27.7 Å². The lowest BCUT2D eigenvalue weighted by atomic mass is 9.90. The Kier molecular flexibility index (Phi) is 5.00. The average molecular weight is 335 g/mol. The largest absolute Gasteiger partial charge is 0.295 e. The quantitative estimate of drug-likeness (QED) is 0.631. The molecule has 2 aromatic carbocycles. The minimum absolute atomic E-state index is 0.0199. The van der Waals surface area contributed by atoms with Crippen molar-refractivity contribution < 1.29 is 13.6 Å². The van der Waals surface area contributed by atoms with Gasteiger partial charge in [-0.2, -0.15) is 0 Å². The molecule has 0 aliphatic carbocycles. The zero-order chi connectivity index (χ0) is 17.3. The molecule has 0 amide bonds. The number of carbonyl (C=O) groups excluding carboxylic acids is 1. The number of benzene rings is 2. The summed E-state index contributed by atoms with van der Waals surface area (Å²) >= 11 is 5.70. The second kappa shape index (κ2) is 6.63. The number of rotatable bonds is 3. The van der Waals surface area contributed by atoms with Gasteiger partial charge in [0, 0.05) is 0 Å². The van der Waals surface area contributed by atoms with Crippen LogP contribution in [0.5, 0.6) is 0 Å². The van der Waals surface area contributed by atoms with E-state index in [1.165, 1.54) is 31.2 Å². The minimum atomic E-state index is -0.554. The van der Waals surface area contributed by atoms with Gasteiger partial charge in [0.15, 0.2) is 5.78 Å². The zero-order valence-electron chi connectivity index (χ0n) is 13.4. The van der Waals surface area contributed by atoms with E-state index >= 15 is 0 Å². The first-order chi connectivity index (χ1) is 10.7. The molecule has 0 saturated heterocycles. The number of hydrogen-bond donors (Lipinski definition) is 0. The number of allylic oxidation sites excluding steroid dienone is 2. The van der Waals surface area contributed by atoms with E-state index in [0.29, 0.717) is 27.8 Å². The van der Waals surface area contributed by atoms with Crippen LogP contribution in [0.3, 0.4) is 0 Å². The Bertz CT molecular complexity index is 822. The summed E-state index contributed by atoms with van der Waals surface area (Å²) in [6, 6.07) is 7.13. The molecular weight excluding hydrogens is 318 g/mol. The van der Waals surface area contributed by atoms with Crippen molar-refractivity contribution in [1.82, 2.24) is 0 Å². The molecule has 0 fully saturated rings. The van der Waals surface area contributed by atoms with E-state index in [9.17, 15) is 13.6 Å². The maximum atomic E-state index is 14.1. The van der Waals surface area contributed by atoms with Crippen molar-refractivity contribution in [2.24, 2.45) is 0 Å². The molecule has 2 aromatic rings. The van der Waals surface area contributed by atoms with Crippen LogP contribution < -0.4 is 0 Å². The molecule has 0 heterocycles. The van der Waals surface area contributed by atoms with E-state index in [1.54, 1.807) is 19.9 Å². The summed E-state index contributed by atoms with van der Waals surface area (Å²) in [5.41, 5.74) is 3.83. The molecular formula is C19H17ClF2O. The van der Waals surface area contributed by atoms with Crippen molar-refractivity contribution in [1.29, 1.82) is 0 Å². The summed E-state index contributed by atoms with van der Waals surface area (Å²) in [6.45, 7) is 6.80. The van der Waals surface area contributed by atoms with Crippen molar-refractivity contribution >= 4 is 23.0 Å². The van der Waals surface area contributed by atoms with Crippen molar-refractivity contribution in [3.05, 3.63) is 63.7 Å². The van der Waals surface area contributed by atoms with Crippen LogP contribution in [0.25, 0.3) is 16.7 Å². The minimum Gasteiger partial charge on any atom is -0.295 e. The molecule has 0 unspecified atom stereocenters. The summed E-state index contributed by atoms with van der Waals surface area (Å²) in [5.74, 6) is -1.06. The average Bonchev–Trinajstić information content (AvgIpc) is 2.50. The maximum absolute atomic E-state index is 14.1. The summed E-state index contributed by atoms with van der Waals surface area (Å²) in [7, 11) is 0. The van der Waals surface area contributed by atoms with Gasteiger partial charge in [-0.25, -0.2) is 8.78 Å².